The first kappa shape index (κ1) is 19.1. The molecule has 1 fully saturated rings. The molecule has 0 saturated carbocycles. The minimum absolute atomic E-state index is 0.0310. The summed E-state index contributed by atoms with van der Waals surface area (Å²) in [7, 11) is 0. The van der Waals surface area contributed by atoms with Gasteiger partial charge < -0.3 is 20.7 Å². The van der Waals surface area contributed by atoms with Gasteiger partial charge in [0.15, 0.2) is 6.61 Å². The number of anilines is 3. The first-order valence-corrected chi connectivity index (χ1v) is 9.71. The van der Waals surface area contributed by atoms with Gasteiger partial charge >= 0.3 is 0 Å². The van der Waals surface area contributed by atoms with Crippen LogP contribution in [0, 0.1) is 5.92 Å². The van der Waals surface area contributed by atoms with Crippen molar-refractivity contribution < 1.29 is 9.53 Å². The zero-order chi connectivity index (χ0) is 19.2. The Morgan fingerprint density at radius 3 is 2.56 bits per heavy atom. The number of hydrogen-bond donors (Lipinski definition) is 2. The third-order valence-electron chi connectivity index (χ3n) is 5.12. The minimum atomic E-state index is -0.188. The van der Waals surface area contributed by atoms with Gasteiger partial charge in [0.05, 0.1) is 11.4 Å². The van der Waals surface area contributed by atoms with Gasteiger partial charge in [-0.3, -0.25) is 4.79 Å². The fourth-order valence-corrected chi connectivity index (χ4v) is 3.34. The Balaban J connectivity index is 1.63. The van der Waals surface area contributed by atoms with Gasteiger partial charge in [-0.15, -0.1) is 0 Å². The molecule has 1 aliphatic rings. The number of ether oxygens (including phenoxy) is 1. The maximum atomic E-state index is 12.4. The van der Waals surface area contributed by atoms with Crippen LogP contribution in [0.25, 0.3) is 0 Å². The van der Waals surface area contributed by atoms with Crippen LogP contribution in [0.1, 0.15) is 32.3 Å². The van der Waals surface area contributed by atoms with Crippen molar-refractivity contribution in [2.24, 2.45) is 5.92 Å². The van der Waals surface area contributed by atoms with Gasteiger partial charge in [-0.05, 0) is 61.1 Å². The fraction of sp³-hybridized carbons (Fsp3) is 0.409. The van der Waals surface area contributed by atoms with Crippen molar-refractivity contribution in [3.8, 4) is 5.75 Å². The molecule has 0 radical (unpaired) electrons. The second-order valence-electron chi connectivity index (χ2n) is 7.28. The Bertz CT molecular complexity index is 766. The maximum Gasteiger partial charge on any atom is 0.262 e. The maximum absolute atomic E-state index is 12.4. The molecule has 0 atom stereocenters. The standard InChI is InChI=1S/C22H29N3O2/c1-3-17-4-7-19(8-5-17)27-15-22(26)24-20-14-18(23)6-9-21(20)25-12-10-16(2)11-13-25/h4-9,14,16H,3,10-13,15,23H2,1-2H3,(H,24,26). The summed E-state index contributed by atoms with van der Waals surface area (Å²) in [5.41, 5.74) is 9.60. The molecule has 0 unspecified atom stereocenters. The van der Waals surface area contributed by atoms with Gasteiger partial charge in [0, 0.05) is 18.8 Å². The number of nitrogens with one attached hydrogen (secondary N) is 1. The Labute approximate surface area is 161 Å². The van der Waals surface area contributed by atoms with Crippen LogP contribution in [0.3, 0.4) is 0 Å². The number of nitrogens with zero attached hydrogens (tertiary/aromatic N) is 1. The third-order valence-corrected chi connectivity index (χ3v) is 5.12. The minimum Gasteiger partial charge on any atom is -0.484 e. The lowest BCUT2D eigenvalue weighted by Crippen LogP contribution is -2.33. The molecule has 0 spiro atoms. The molecule has 0 aromatic heterocycles. The fourth-order valence-electron chi connectivity index (χ4n) is 3.34. The van der Waals surface area contributed by atoms with Crippen LogP contribution in [0.15, 0.2) is 42.5 Å². The molecule has 0 aliphatic carbocycles. The zero-order valence-corrected chi connectivity index (χ0v) is 16.2. The molecule has 5 nitrogen and oxygen atoms in total. The van der Waals surface area contributed by atoms with E-state index >= 15 is 0 Å². The van der Waals surface area contributed by atoms with E-state index in [1.165, 1.54) is 5.56 Å². The van der Waals surface area contributed by atoms with E-state index in [2.05, 4.69) is 24.1 Å². The topological polar surface area (TPSA) is 67.6 Å². The molecule has 5 heteroatoms. The Morgan fingerprint density at radius 2 is 1.89 bits per heavy atom. The van der Waals surface area contributed by atoms with Crippen molar-refractivity contribution >= 4 is 23.0 Å². The lowest BCUT2D eigenvalue weighted by atomic mass is 9.98. The lowest BCUT2D eigenvalue weighted by molar-refractivity contribution is -0.118. The molecule has 27 heavy (non-hydrogen) atoms. The molecule has 1 amide bonds. The summed E-state index contributed by atoms with van der Waals surface area (Å²) in [5.74, 6) is 1.26. The van der Waals surface area contributed by atoms with Crippen LogP contribution < -0.4 is 20.7 Å². The normalized spacial score (nSPS) is 14.8. The van der Waals surface area contributed by atoms with E-state index in [1.807, 2.05) is 42.5 Å². The van der Waals surface area contributed by atoms with Crippen LogP contribution >= 0.6 is 0 Å². The van der Waals surface area contributed by atoms with E-state index in [4.69, 9.17) is 10.5 Å². The van der Waals surface area contributed by atoms with Crippen molar-refractivity contribution in [2.75, 3.05) is 35.6 Å². The average Bonchev–Trinajstić information content (AvgIpc) is 2.68. The number of piperidine rings is 1. The van der Waals surface area contributed by atoms with Gasteiger partial charge in [0.1, 0.15) is 5.75 Å². The molecule has 3 rings (SSSR count). The zero-order valence-electron chi connectivity index (χ0n) is 16.2. The summed E-state index contributed by atoms with van der Waals surface area (Å²) in [6.07, 6.45) is 3.30. The van der Waals surface area contributed by atoms with E-state index in [1.54, 1.807) is 0 Å². The number of nitrogen functional groups attached to an aromatic ring is 1. The van der Waals surface area contributed by atoms with E-state index in [9.17, 15) is 4.79 Å². The first-order valence-electron chi connectivity index (χ1n) is 9.71. The number of nitrogens with two attached hydrogens (primary N) is 1. The number of hydrogen-bond acceptors (Lipinski definition) is 4. The van der Waals surface area contributed by atoms with Crippen LogP contribution in [0.5, 0.6) is 5.75 Å². The highest BCUT2D eigenvalue weighted by atomic mass is 16.5. The Morgan fingerprint density at radius 1 is 1.19 bits per heavy atom. The first-order chi connectivity index (χ1) is 13.0. The number of aryl methyl sites for hydroxylation is 1. The number of benzene rings is 2. The van der Waals surface area contributed by atoms with Crippen molar-refractivity contribution in [3.63, 3.8) is 0 Å². The third kappa shape index (κ3) is 5.16. The molecule has 3 N–H and O–H groups in total. The molecule has 2 aromatic rings. The van der Waals surface area contributed by atoms with Crippen LogP contribution in [-0.2, 0) is 11.2 Å². The van der Waals surface area contributed by atoms with Gasteiger partial charge in [0.25, 0.3) is 5.91 Å². The van der Waals surface area contributed by atoms with Crippen LogP contribution in [0.4, 0.5) is 17.1 Å². The summed E-state index contributed by atoms with van der Waals surface area (Å²) in [6.45, 7) is 6.35. The number of rotatable bonds is 6. The summed E-state index contributed by atoms with van der Waals surface area (Å²) in [5, 5.41) is 2.97. The summed E-state index contributed by atoms with van der Waals surface area (Å²) in [6, 6.07) is 13.5. The van der Waals surface area contributed by atoms with Gasteiger partial charge in [-0.2, -0.15) is 0 Å². The smallest absolute Gasteiger partial charge is 0.262 e. The average molecular weight is 367 g/mol. The predicted octanol–water partition coefficient (Wildman–Crippen LogP) is 4.09. The van der Waals surface area contributed by atoms with E-state index < -0.39 is 0 Å². The second-order valence-corrected chi connectivity index (χ2v) is 7.28. The highest BCUT2D eigenvalue weighted by molar-refractivity contribution is 5.96. The van der Waals surface area contributed by atoms with Gasteiger partial charge in [-0.25, -0.2) is 0 Å². The summed E-state index contributed by atoms with van der Waals surface area (Å²) >= 11 is 0. The Kier molecular flexibility index (Phi) is 6.22. The Hall–Kier alpha value is -2.69. The van der Waals surface area contributed by atoms with E-state index in [0.29, 0.717) is 11.4 Å². The molecule has 1 heterocycles. The predicted molar refractivity (Wildman–Crippen MR) is 111 cm³/mol. The molecule has 1 saturated heterocycles. The lowest BCUT2D eigenvalue weighted by Gasteiger charge is -2.33. The van der Waals surface area contributed by atoms with Crippen molar-refractivity contribution in [1.82, 2.24) is 0 Å². The highest BCUT2D eigenvalue weighted by Gasteiger charge is 2.19. The van der Waals surface area contributed by atoms with Crippen LogP contribution in [0.2, 0.25) is 0 Å². The number of amides is 1. The quantitative estimate of drug-likeness (QED) is 0.755. The van der Waals surface area contributed by atoms with Crippen molar-refractivity contribution in [1.29, 1.82) is 0 Å². The van der Waals surface area contributed by atoms with Crippen molar-refractivity contribution in [3.05, 3.63) is 48.0 Å². The molecular weight excluding hydrogens is 338 g/mol. The van der Waals surface area contributed by atoms with Gasteiger partial charge in [-0.1, -0.05) is 26.0 Å². The van der Waals surface area contributed by atoms with E-state index in [0.717, 1.165) is 49.6 Å². The molecule has 2 aromatic carbocycles. The summed E-state index contributed by atoms with van der Waals surface area (Å²) < 4.78 is 5.61. The van der Waals surface area contributed by atoms with E-state index in [-0.39, 0.29) is 12.5 Å². The SMILES string of the molecule is CCc1ccc(OCC(=O)Nc2cc(N)ccc2N2CCC(C)CC2)cc1. The molecule has 1 aliphatic heterocycles. The largest absolute Gasteiger partial charge is 0.484 e. The highest BCUT2D eigenvalue weighted by Crippen LogP contribution is 2.31. The van der Waals surface area contributed by atoms with Gasteiger partial charge in [0.2, 0.25) is 0 Å². The number of carbonyl (C=O) groups is 1. The monoisotopic (exact) mass is 367 g/mol. The molecule has 0 bridgehead atoms. The molecule has 144 valence electrons. The van der Waals surface area contributed by atoms with Crippen LogP contribution in [-0.4, -0.2) is 25.6 Å². The number of carbonyl (C=O) groups excluding carboxylic acids is 1. The molecular formula is C22H29N3O2. The van der Waals surface area contributed by atoms with Crippen molar-refractivity contribution in [2.45, 2.75) is 33.1 Å². The summed E-state index contributed by atoms with van der Waals surface area (Å²) in [4.78, 5) is 14.7. The second kappa shape index (κ2) is 8.80.